The summed E-state index contributed by atoms with van der Waals surface area (Å²) in [6, 6.07) is 16.8. The predicted octanol–water partition coefficient (Wildman–Crippen LogP) is 5.04. The lowest BCUT2D eigenvalue weighted by Gasteiger charge is -2.43. The second kappa shape index (κ2) is 15.5. The summed E-state index contributed by atoms with van der Waals surface area (Å²) in [6.45, 7) is 2.19. The summed E-state index contributed by atoms with van der Waals surface area (Å²) in [7, 11) is 3.54. The molecule has 8 nitrogen and oxygen atoms in total. The Balaban J connectivity index is 1.54. The highest BCUT2D eigenvalue weighted by Gasteiger charge is 2.43. The summed E-state index contributed by atoms with van der Waals surface area (Å²) in [6.07, 6.45) is 7.45. The van der Waals surface area contributed by atoms with Crippen LogP contribution in [-0.2, 0) is 10.3 Å². The lowest BCUT2D eigenvalue weighted by atomic mass is 9.73. The zero-order valence-electron chi connectivity index (χ0n) is 24.8. The summed E-state index contributed by atoms with van der Waals surface area (Å²) in [5, 5.41) is 29.9. The van der Waals surface area contributed by atoms with Crippen molar-refractivity contribution in [1.29, 1.82) is 0 Å². The number of rotatable bonds is 14. The number of carbonyl (C=O) groups is 1. The number of urea groups is 1. The standard InChI is InChI=1S/C33H49N3O5/c1-34-23-29(31(37)25-13-6-7-14-25)35-32(38)36-21-12-15-26(24-36)33(39,20-10-11-22-40-2)28-18-8-9-19-30(28)41-27-16-4-3-5-17-27/h3-5,8-9,16-19,25-26,29,31,34,37,39H,6-7,10-15,20-24H2,1-2H3,(H,35,38). The molecule has 8 heteroatoms. The topological polar surface area (TPSA) is 103 Å². The Kier molecular flexibility index (Phi) is 11.9. The average Bonchev–Trinajstić information content (AvgIpc) is 3.55. The van der Waals surface area contributed by atoms with Gasteiger partial charge in [0.25, 0.3) is 0 Å². The Morgan fingerprint density at radius 3 is 2.51 bits per heavy atom. The van der Waals surface area contributed by atoms with Gasteiger partial charge >= 0.3 is 6.03 Å². The molecule has 1 aliphatic heterocycles. The normalized spacial score (nSPS) is 20.8. The number of likely N-dealkylation sites (N-methyl/N-ethyl adjacent to an activating group) is 1. The number of piperidine rings is 1. The lowest BCUT2D eigenvalue weighted by Crippen LogP contribution is -2.57. The number of nitrogens with one attached hydrogen (secondary N) is 2. The molecule has 226 valence electrons. The van der Waals surface area contributed by atoms with Crippen LogP contribution in [0.1, 0.15) is 63.4 Å². The van der Waals surface area contributed by atoms with Crippen molar-refractivity contribution in [2.45, 2.75) is 75.5 Å². The van der Waals surface area contributed by atoms with E-state index in [9.17, 15) is 15.0 Å². The van der Waals surface area contributed by atoms with E-state index in [4.69, 9.17) is 9.47 Å². The van der Waals surface area contributed by atoms with Gasteiger partial charge in [0, 0.05) is 44.8 Å². The third kappa shape index (κ3) is 8.22. The molecule has 2 aromatic rings. The maximum atomic E-state index is 13.6. The Bertz CT molecular complexity index is 1060. The number of aliphatic hydroxyl groups excluding tert-OH is 1. The maximum absolute atomic E-state index is 13.6. The van der Waals surface area contributed by atoms with Crippen LogP contribution in [0.4, 0.5) is 4.79 Å². The Labute approximate surface area is 245 Å². The average molecular weight is 568 g/mol. The second-order valence-electron chi connectivity index (χ2n) is 11.7. The monoisotopic (exact) mass is 567 g/mol. The molecule has 4 unspecified atom stereocenters. The summed E-state index contributed by atoms with van der Waals surface area (Å²) < 4.78 is 11.6. The summed E-state index contributed by atoms with van der Waals surface area (Å²) in [5.74, 6) is 1.39. The summed E-state index contributed by atoms with van der Waals surface area (Å²) >= 11 is 0. The van der Waals surface area contributed by atoms with Crippen molar-refractivity contribution >= 4 is 6.03 Å². The van der Waals surface area contributed by atoms with Crippen molar-refractivity contribution in [1.82, 2.24) is 15.5 Å². The number of nitrogens with zero attached hydrogens (tertiary/aromatic N) is 1. The fourth-order valence-corrected chi connectivity index (χ4v) is 6.63. The third-order valence-corrected chi connectivity index (χ3v) is 8.89. The molecule has 1 heterocycles. The molecule has 2 amide bonds. The van der Waals surface area contributed by atoms with E-state index in [0.29, 0.717) is 44.2 Å². The molecule has 1 aliphatic carbocycles. The Morgan fingerprint density at radius 2 is 1.78 bits per heavy atom. The number of unbranched alkanes of at least 4 members (excludes halogenated alkanes) is 1. The van der Waals surface area contributed by atoms with E-state index in [2.05, 4.69) is 10.6 Å². The number of hydrogen-bond donors (Lipinski definition) is 4. The zero-order valence-corrected chi connectivity index (χ0v) is 24.8. The van der Waals surface area contributed by atoms with Gasteiger partial charge in [-0.25, -0.2) is 4.79 Å². The number of carbonyl (C=O) groups excluding carboxylic acids is 1. The first-order valence-electron chi connectivity index (χ1n) is 15.4. The van der Waals surface area contributed by atoms with Gasteiger partial charge in [0.2, 0.25) is 0 Å². The van der Waals surface area contributed by atoms with Gasteiger partial charge in [-0.1, -0.05) is 49.2 Å². The SMILES string of the molecule is CNCC(NC(=O)N1CCCC(C(O)(CCCCOC)c2ccccc2Oc2ccccc2)C1)C(O)C1CCCC1. The molecular formula is C33H49N3O5. The molecule has 0 aromatic heterocycles. The van der Waals surface area contributed by atoms with Crippen LogP contribution in [0.2, 0.25) is 0 Å². The van der Waals surface area contributed by atoms with Crippen LogP contribution in [-0.4, -0.2) is 73.7 Å². The van der Waals surface area contributed by atoms with E-state index in [1.807, 2.05) is 66.5 Å². The van der Waals surface area contributed by atoms with Crippen molar-refractivity contribution in [3.8, 4) is 11.5 Å². The number of hydrogen-bond acceptors (Lipinski definition) is 6. The minimum Gasteiger partial charge on any atom is -0.457 e. The minimum absolute atomic E-state index is 0.174. The number of methoxy groups -OCH3 is 1. The van der Waals surface area contributed by atoms with E-state index in [-0.39, 0.29) is 23.9 Å². The molecule has 4 N–H and O–H groups in total. The maximum Gasteiger partial charge on any atom is 0.317 e. The minimum atomic E-state index is -1.19. The quantitative estimate of drug-likeness (QED) is 0.239. The first-order valence-corrected chi connectivity index (χ1v) is 15.4. The Hall–Kier alpha value is -2.65. The number of para-hydroxylation sites is 2. The molecule has 0 bridgehead atoms. The van der Waals surface area contributed by atoms with Gasteiger partial charge in [-0.05, 0) is 76.1 Å². The first kappa shape index (κ1) is 31.3. The highest BCUT2D eigenvalue weighted by molar-refractivity contribution is 5.74. The fourth-order valence-electron chi connectivity index (χ4n) is 6.63. The summed E-state index contributed by atoms with van der Waals surface area (Å²) in [4.78, 5) is 15.4. The number of aliphatic hydroxyl groups is 2. The smallest absolute Gasteiger partial charge is 0.317 e. The number of benzene rings is 2. The fraction of sp³-hybridized carbons (Fsp3) is 0.606. The van der Waals surface area contributed by atoms with E-state index in [0.717, 1.165) is 56.9 Å². The largest absolute Gasteiger partial charge is 0.457 e. The predicted molar refractivity (Wildman–Crippen MR) is 161 cm³/mol. The van der Waals surface area contributed by atoms with E-state index < -0.39 is 11.7 Å². The number of amides is 2. The van der Waals surface area contributed by atoms with Gasteiger partial charge in [0.15, 0.2) is 0 Å². The third-order valence-electron chi connectivity index (χ3n) is 8.89. The number of likely N-dealkylation sites (tertiary alicyclic amines) is 1. The molecule has 1 saturated carbocycles. The molecule has 4 rings (SSSR count). The highest BCUT2D eigenvalue weighted by atomic mass is 16.5. The molecule has 0 radical (unpaired) electrons. The first-order chi connectivity index (χ1) is 20.0. The molecular weight excluding hydrogens is 518 g/mol. The van der Waals surface area contributed by atoms with E-state index >= 15 is 0 Å². The van der Waals surface area contributed by atoms with Gasteiger partial charge in [-0.3, -0.25) is 0 Å². The molecule has 41 heavy (non-hydrogen) atoms. The van der Waals surface area contributed by atoms with Crippen LogP contribution in [0.15, 0.2) is 54.6 Å². The number of ether oxygens (including phenoxy) is 2. The van der Waals surface area contributed by atoms with Crippen molar-refractivity contribution in [2.24, 2.45) is 11.8 Å². The van der Waals surface area contributed by atoms with Crippen LogP contribution in [0.25, 0.3) is 0 Å². The second-order valence-corrected chi connectivity index (χ2v) is 11.7. The Morgan fingerprint density at radius 1 is 1.05 bits per heavy atom. The molecule has 2 aromatic carbocycles. The zero-order chi connectivity index (χ0) is 29.1. The van der Waals surface area contributed by atoms with Gasteiger partial charge < -0.3 is 35.2 Å². The van der Waals surface area contributed by atoms with Crippen LogP contribution < -0.4 is 15.4 Å². The van der Waals surface area contributed by atoms with Gasteiger partial charge in [-0.2, -0.15) is 0 Å². The molecule has 2 aliphatic rings. The van der Waals surface area contributed by atoms with Crippen LogP contribution >= 0.6 is 0 Å². The van der Waals surface area contributed by atoms with Crippen molar-refractivity contribution in [3.05, 3.63) is 60.2 Å². The molecule has 4 atom stereocenters. The van der Waals surface area contributed by atoms with Crippen molar-refractivity contribution < 1.29 is 24.5 Å². The van der Waals surface area contributed by atoms with Gasteiger partial charge in [0.05, 0.1) is 17.7 Å². The lowest BCUT2D eigenvalue weighted by molar-refractivity contribution is -0.0577. The van der Waals surface area contributed by atoms with Crippen LogP contribution in [0, 0.1) is 11.8 Å². The molecule has 1 saturated heterocycles. The van der Waals surface area contributed by atoms with Gasteiger partial charge in [0.1, 0.15) is 11.5 Å². The van der Waals surface area contributed by atoms with Gasteiger partial charge in [-0.15, -0.1) is 0 Å². The van der Waals surface area contributed by atoms with Crippen LogP contribution in [0.5, 0.6) is 11.5 Å². The summed E-state index contributed by atoms with van der Waals surface area (Å²) in [5.41, 5.74) is -0.440. The van der Waals surface area contributed by atoms with Crippen molar-refractivity contribution in [2.75, 3.05) is 40.4 Å². The molecule has 2 fully saturated rings. The van der Waals surface area contributed by atoms with Crippen molar-refractivity contribution in [3.63, 3.8) is 0 Å². The highest BCUT2D eigenvalue weighted by Crippen LogP contribution is 2.44. The molecule has 0 spiro atoms. The van der Waals surface area contributed by atoms with Crippen LogP contribution in [0.3, 0.4) is 0 Å². The van der Waals surface area contributed by atoms with E-state index in [1.54, 1.807) is 7.11 Å². The van der Waals surface area contributed by atoms with E-state index in [1.165, 1.54) is 0 Å².